The molecule has 3 N–H and O–H groups in total. The maximum atomic E-state index is 13.2. The summed E-state index contributed by atoms with van der Waals surface area (Å²) in [6, 6.07) is 9.40. The van der Waals surface area contributed by atoms with Crippen LogP contribution < -0.4 is 16.0 Å². The maximum Gasteiger partial charge on any atom is 0.418 e. The number of hydrogen-bond acceptors (Lipinski definition) is 5. The number of allylic oxidation sites excluding steroid dienone is 1. The summed E-state index contributed by atoms with van der Waals surface area (Å²) in [4.78, 5) is 6.88. The Hall–Kier alpha value is -3.08. The molecule has 11 heteroatoms. The average Bonchev–Trinajstić information content (AvgIpc) is 2.90. The Bertz CT molecular complexity index is 1140. The van der Waals surface area contributed by atoms with Crippen LogP contribution in [-0.4, -0.2) is 61.7 Å². The monoisotopic (exact) mass is 569 g/mol. The lowest BCUT2D eigenvalue weighted by Crippen LogP contribution is -2.48. The first-order valence-corrected chi connectivity index (χ1v) is 13.6. The van der Waals surface area contributed by atoms with Gasteiger partial charge in [-0.2, -0.15) is 26.3 Å². The van der Waals surface area contributed by atoms with Crippen LogP contribution in [0.3, 0.4) is 0 Å². The number of likely N-dealkylation sites (tertiary alicyclic amines) is 1. The van der Waals surface area contributed by atoms with Gasteiger partial charge in [-0.15, -0.1) is 0 Å². The van der Waals surface area contributed by atoms with Crippen LogP contribution >= 0.6 is 0 Å². The standard InChI is InChI=1S/C29H37F6N5/c1-3-27(40-12-10-22(11-13-40)37-23-6-9-26(36)25(18-23)29(33,34)35)20(2)19-38-14-16-39(17-15-38)24-7-4-21(5-8-24)28(30,31)32/h3-9,18,20,22,37H,10-17,19,36H2,1-2H3/b27-3+. The van der Waals surface area contributed by atoms with E-state index in [1.54, 1.807) is 18.2 Å². The van der Waals surface area contributed by atoms with Crippen molar-refractivity contribution in [1.82, 2.24) is 9.80 Å². The molecule has 0 aromatic heterocycles. The predicted octanol–water partition coefficient (Wildman–Crippen LogP) is 6.54. The van der Waals surface area contributed by atoms with Crippen LogP contribution in [0.15, 0.2) is 54.2 Å². The summed E-state index contributed by atoms with van der Waals surface area (Å²) in [5.74, 6) is 0.290. The molecule has 0 radical (unpaired) electrons. The molecule has 1 unspecified atom stereocenters. The van der Waals surface area contributed by atoms with E-state index in [0.29, 0.717) is 11.6 Å². The molecule has 2 aromatic rings. The number of nitrogens with zero attached hydrogens (tertiary/aromatic N) is 3. The molecule has 0 amide bonds. The summed E-state index contributed by atoms with van der Waals surface area (Å²) < 4.78 is 78.2. The van der Waals surface area contributed by atoms with Crippen LogP contribution in [0.4, 0.5) is 43.4 Å². The normalized spacial score (nSPS) is 19.1. The van der Waals surface area contributed by atoms with Crippen molar-refractivity contribution >= 4 is 17.1 Å². The van der Waals surface area contributed by atoms with Gasteiger partial charge in [-0.3, -0.25) is 4.90 Å². The lowest BCUT2D eigenvalue weighted by Gasteiger charge is -2.41. The minimum absolute atomic E-state index is 0.0765. The Morgan fingerprint density at radius 1 is 0.925 bits per heavy atom. The molecule has 0 spiro atoms. The minimum atomic E-state index is -4.49. The molecular weight excluding hydrogens is 532 g/mol. The number of piperazine rings is 1. The second kappa shape index (κ2) is 12.2. The summed E-state index contributed by atoms with van der Waals surface area (Å²) in [6.07, 6.45) is -5.06. The van der Waals surface area contributed by atoms with Crippen molar-refractivity contribution in [2.45, 2.75) is 45.1 Å². The molecule has 4 rings (SSSR count). The van der Waals surface area contributed by atoms with Crippen LogP contribution in [0.2, 0.25) is 0 Å². The molecule has 0 bridgehead atoms. The Morgan fingerprint density at radius 2 is 1.55 bits per heavy atom. The van der Waals surface area contributed by atoms with Gasteiger partial charge in [-0.25, -0.2) is 0 Å². The highest BCUT2D eigenvalue weighted by atomic mass is 19.4. The van der Waals surface area contributed by atoms with Gasteiger partial charge in [0.05, 0.1) is 11.1 Å². The van der Waals surface area contributed by atoms with E-state index in [0.717, 1.165) is 82.5 Å². The molecule has 2 aliphatic rings. The third-order valence-electron chi connectivity index (χ3n) is 7.85. The highest BCUT2D eigenvalue weighted by Crippen LogP contribution is 2.36. The second-order valence-corrected chi connectivity index (χ2v) is 10.7. The Labute approximate surface area is 231 Å². The van der Waals surface area contributed by atoms with E-state index >= 15 is 0 Å². The molecule has 220 valence electrons. The molecule has 1 atom stereocenters. The first-order chi connectivity index (χ1) is 18.8. The molecule has 0 saturated carbocycles. The van der Waals surface area contributed by atoms with E-state index in [1.165, 1.54) is 11.8 Å². The number of nitrogens with one attached hydrogen (secondary N) is 1. The molecule has 2 heterocycles. The molecule has 2 aromatic carbocycles. The number of anilines is 3. The topological polar surface area (TPSA) is 47.8 Å². The number of piperidine rings is 1. The van der Waals surface area contributed by atoms with Gasteiger partial charge in [0.2, 0.25) is 0 Å². The van der Waals surface area contributed by atoms with E-state index in [-0.39, 0.29) is 11.7 Å². The average molecular weight is 570 g/mol. The number of rotatable bonds is 7. The highest BCUT2D eigenvalue weighted by Gasteiger charge is 2.34. The van der Waals surface area contributed by atoms with Crippen LogP contribution in [0, 0.1) is 5.92 Å². The van der Waals surface area contributed by atoms with Crippen LogP contribution in [-0.2, 0) is 12.4 Å². The zero-order chi connectivity index (χ0) is 29.1. The van der Waals surface area contributed by atoms with Crippen molar-refractivity contribution in [3.8, 4) is 0 Å². The van der Waals surface area contributed by atoms with Gasteiger partial charge < -0.3 is 20.9 Å². The Kier molecular flexibility index (Phi) is 9.12. The maximum absolute atomic E-state index is 13.2. The van der Waals surface area contributed by atoms with Crippen molar-refractivity contribution < 1.29 is 26.3 Å². The molecule has 0 aliphatic carbocycles. The van der Waals surface area contributed by atoms with Crippen LogP contribution in [0.1, 0.15) is 37.8 Å². The zero-order valence-electron chi connectivity index (χ0n) is 22.8. The molecule has 5 nitrogen and oxygen atoms in total. The first-order valence-electron chi connectivity index (χ1n) is 13.6. The van der Waals surface area contributed by atoms with Gasteiger partial charge in [0.25, 0.3) is 0 Å². The minimum Gasteiger partial charge on any atom is -0.398 e. The fourth-order valence-corrected chi connectivity index (χ4v) is 5.72. The van der Waals surface area contributed by atoms with Gasteiger partial charge in [0, 0.05) is 80.5 Å². The SMILES string of the molecule is C/C=C(\C(C)CN1CCN(c2ccc(C(F)(F)F)cc2)CC1)N1CCC(Nc2ccc(N)c(C(F)(F)F)c2)CC1. The number of hydrogen-bond donors (Lipinski definition) is 2. The van der Waals surface area contributed by atoms with Gasteiger partial charge in [-0.05, 0) is 62.2 Å². The van der Waals surface area contributed by atoms with Crippen molar-refractivity contribution in [3.63, 3.8) is 0 Å². The quantitative estimate of drug-likeness (QED) is 0.293. The van der Waals surface area contributed by atoms with Crippen LogP contribution in [0.25, 0.3) is 0 Å². The van der Waals surface area contributed by atoms with Gasteiger partial charge in [-0.1, -0.05) is 13.0 Å². The lowest BCUT2D eigenvalue weighted by molar-refractivity contribution is -0.138. The zero-order valence-corrected chi connectivity index (χ0v) is 22.8. The first kappa shape index (κ1) is 29.9. The Balaban J connectivity index is 1.25. The summed E-state index contributed by atoms with van der Waals surface area (Å²) in [5.41, 5.74) is 6.28. The van der Waals surface area contributed by atoms with Crippen LogP contribution in [0.5, 0.6) is 0 Å². The molecule has 2 aliphatic heterocycles. The Morgan fingerprint density at radius 3 is 2.10 bits per heavy atom. The number of nitrogen functional groups attached to an aromatic ring is 1. The van der Waals surface area contributed by atoms with Gasteiger partial charge in [0.1, 0.15) is 0 Å². The summed E-state index contributed by atoms with van der Waals surface area (Å²) >= 11 is 0. The second-order valence-electron chi connectivity index (χ2n) is 10.7. The molecule has 40 heavy (non-hydrogen) atoms. The number of benzene rings is 2. The predicted molar refractivity (Wildman–Crippen MR) is 147 cm³/mol. The van der Waals surface area contributed by atoms with E-state index < -0.39 is 23.5 Å². The fourth-order valence-electron chi connectivity index (χ4n) is 5.72. The third-order valence-corrected chi connectivity index (χ3v) is 7.85. The summed E-state index contributed by atoms with van der Waals surface area (Å²) in [5, 5.41) is 3.25. The third kappa shape index (κ3) is 7.35. The van der Waals surface area contributed by atoms with Crippen molar-refractivity contribution in [2.24, 2.45) is 5.92 Å². The van der Waals surface area contributed by atoms with Crippen molar-refractivity contribution in [3.05, 3.63) is 65.4 Å². The van der Waals surface area contributed by atoms with Crippen molar-refractivity contribution in [1.29, 1.82) is 0 Å². The smallest absolute Gasteiger partial charge is 0.398 e. The largest absolute Gasteiger partial charge is 0.418 e. The van der Waals surface area contributed by atoms with E-state index in [2.05, 4.69) is 33.0 Å². The number of alkyl halides is 6. The van der Waals surface area contributed by atoms with Gasteiger partial charge >= 0.3 is 12.4 Å². The molecule has 2 saturated heterocycles. The highest BCUT2D eigenvalue weighted by molar-refractivity contribution is 5.58. The van der Waals surface area contributed by atoms with E-state index in [9.17, 15) is 26.3 Å². The summed E-state index contributed by atoms with van der Waals surface area (Å²) in [6.45, 7) is 9.90. The summed E-state index contributed by atoms with van der Waals surface area (Å²) in [7, 11) is 0. The van der Waals surface area contributed by atoms with Crippen molar-refractivity contribution in [2.75, 3.05) is 61.8 Å². The van der Waals surface area contributed by atoms with Gasteiger partial charge in [0.15, 0.2) is 0 Å². The number of halogens is 6. The van der Waals surface area contributed by atoms with E-state index in [4.69, 9.17) is 5.73 Å². The molecule has 2 fully saturated rings. The fraction of sp³-hybridized carbons (Fsp3) is 0.517. The molecular formula is C29H37F6N5. The lowest BCUT2D eigenvalue weighted by atomic mass is 9.99. The number of nitrogens with two attached hydrogens (primary N) is 1. The van der Waals surface area contributed by atoms with E-state index in [1.807, 2.05) is 6.92 Å².